The van der Waals surface area contributed by atoms with Crippen LogP contribution in [0.1, 0.15) is 12.5 Å². The van der Waals surface area contributed by atoms with E-state index in [1.807, 2.05) is 0 Å². The van der Waals surface area contributed by atoms with Crippen molar-refractivity contribution in [2.24, 2.45) is 0 Å². The Balaban J connectivity index is 1.72. The van der Waals surface area contributed by atoms with E-state index in [4.69, 9.17) is 9.47 Å². The second-order valence-electron chi connectivity index (χ2n) is 8.73. The fourth-order valence-electron chi connectivity index (χ4n) is 4.03. The number of amides is 2. The van der Waals surface area contributed by atoms with Crippen LogP contribution in [-0.4, -0.2) is 58.0 Å². The van der Waals surface area contributed by atoms with E-state index in [-0.39, 0.29) is 29.5 Å². The van der Waals surface area contributed by atoms with Crippen molar-refractivity contribution < 1.29 is 36.3 Å². The highest BCUT2D eigenvalue weighted by atomic mass is 32.2. The molecule has 9 nitrogen and oxygen atoms in total. The number of carbonyl (C=O) groups excluding carboxylic acids is 2. The number of ether oxygens (including phenoxy) is 2. The Labute approximate surface area is 225 Å². The summed E-state index contributed by atoms with van der Waals surface area (Å²) in [7, 11) is -2.97. The largest absolute Gasteiger partial charge is 0.486 e. The molecular formula is C27H27F2N3O6S. The average Bonchev–Trinajstić information content (AvgIpc) is 2.94. The summed E-state index contributed by atoms with van der Waals surface area (Å²) in [4.78, 5) is 27.2. The van der Waals surface area contributed by atoms with Crippen molar-refractivity contribution >= 4 is 27.5 Å². The fourth-order valence-corrected chi connectivity index (χ4v) is 5.46. The van der Waals surface area contributed by atoms with Crippen molar-refractivity contribution in [3.8, 4) is 11.5 Å². The number of anilines is 1. The van der Waals surface area contributed by atoms with Gasteiger partial charge in [-0.05, 0) is 61.0 Å². The van der Waals surface area contributed by atoms with Crippen molar-refractivity contribution in [2.75, 3.05) is 31.1 Å². The summed E-state index contributed by atoms with van der Waals surface area (Å²) < 4.78 is 66.7. The molecule has 0 spiro atoms. The number of halogens is 2. The number of rotatable bonds is 9. The highest BCUT2D eigenvalue weighted by molar-refractivity contribution is 7.92. The zero-order chi connectivity index (χ0) is 28.2. The smallest absolute Gasteiger partial charge is 0.264 e. The van der Waals surface area contributed by atoms with Crippen LogP contribution in [0.3, 0.4) is 0 Å². The molecule has 1 aliphatic rings. The highest BCUT2D eigenvalue weighted by Gasteiger charge is 2.33. The number of fused-ring (bicyclic) bond motifs is 1. The molecule has 1 atom stereocenters. The van der Waals surface area contributed by atoms with Crippen molar-refractivity contribution in [2.45, 2.75) is 24.4 Å². The normalized spacial score (nSPS) is 13.3. The fraction of sp³-hybridized carbons (Fsp3) is 0.259. The van der Waals surface area contributed by atoms with Gasteiger partial charge in [0.25, 0.3) is 10.0 Å². The molecule has 12 heteroatoms. The number of hydrogen-bond donors (Lipinski definition) is 1. The van der Waals surface area contributed by atoms with Gasteiger partial charge in [-0.15, -0.1) is 0 Å². The minimum absolute atomic E-state index is 0.0361. The molecule has 1 N–H and O–H groups in total. The van der Waals surface area contributed by atoms with Crippen molar-refractivity contribution in [1.29, 1.82) is 0 Å². The SMILES string of the molecule is CNC(=O)C(C)N(Cc1ccc(F)cc1)C(=O)CN(c1ccc(F)cc1)S(=O)(=O)c1ccc2c(c1)OCCO2. The first-order valence-electron chi connectivity index (χ1n) is 12.0. The molecule has 3 aromatic rings. The predicted molar refractivity (Wildman–Crippen MR) is 139 cm³/mol. The third-order valence-corrected chi connectivity index (χ3v) is 7.94. The van der Waals surface area contributed by atoms with E-state index in [0.29, 0.717) is 17.9 Å². The van der Waals surface area contributed by atoms with Crippen LogP contribution in [-0.2, 0) is 26.2 Å². The Hall–Kier alpha value is -4.19. The van der Waals surface area contributed by atoms with Gasteiger partial charge in [-0.2, -0.15) is 0 Å². The van der Waals surface area contributed by atoms with E-state index in [2.05, 4.69) is 5.32 Å². The minimum Gasteiger partial charge on any atom is -0.486 e. The summed E-state index contributed by atoms with van der Waals surface area (Å²) in [5.41, 5.74) is 0.567. The van der Waals surface area contributed by atoms with Crippen LogP contribution >= 0.6 is 0 Å². The van der Waals surface area contributed by atoms with E-state index in [1.54, 1.807) is 0 Å². The third-order valence-electron chi connectivity index (χ3n) is 6.17. The summed E-state index contributed by atoms with van der Waals surface area (Å²) in [5.74, 6) is -1.63. The first-order chi connectivity index (χ1) is 18.6. The predicted octanol–water partition coefficient (Wildman–Crippen LogP) is 3.09. The van der Waals surface area contributed by atoms with Gasteiger partial charge in [0.15, 0.2) is 11.5 Å². The highest BCUT2D eigenvalue weighted by Crippen LogP contribution is 2.34. The zero-order valence-electron chi connectivity index (χ0n) is 21.3. The lowest BCUT2D eigenvalue weighted by Crippen LogP contribution is -2.50. The maximum Gasteiger partial charge on any atom is 0.264 e. The Bertz CT molecular complexity index is 1450. The lowest BCUT2D eigenvalue weighted by Gasteiger charge is -2.32. The first-order valence-corrected chi connectivity index (χ1v) is 13.5. The number of likely N-dealkylation sites (N-methyl/N-ethyl adjacent to an activating group) is 1. The van der Waals surface area contributed by atoms with Gasteiger partial charge in [-0.25, -0.2) is 17.2 Å². The second kappa shape index (κ2) is 11.7. The van der Waals surface area contributed by atoms with Gasteiger partial charge in [-0.3, -0.25) is 13.9 Å². The summed E-state index contributed by atoms with van der Waals surface area (Å²) in [5, 5.41) is 2.48. The molecule has 3 aromatic carbocycles. The third kappa shape index (κ3) is 6.28. The zero-order valence-corrected chi connectivity index (χ0v) is 22.1. The molecule has 1 heterocycles. The molecule has 1 aliphatic heterocycles. The van der Waals surface area contributed by atoms with Gasteiger partial charge in [0.2, 0.25) is 11.8 Å². The van der Waals surface area contributed by atoms with Crippen LogP contribution in [0, 0.1) is 11.6 Å². The Morgan fingerprint density at radius 2 is 1.51 bits per heavy atom. The Morgan fingerprint density at radius 3 is 2.13 bits per heavy atom. The van der Waals surface area contributed by atoms with Crippen molar-refractivity contribution in [1.82, 2.24) is 10.2 Å². The second-order valence-corrected chi connectivity index (χ2v) is 10.6. The topological polar surface area (TPSA) is 105 Å². The lowest BCUT2D eigenvalue weighted by molar-refractivity contribution is -0.139. The maximum absolute atomic E-state index is 13.9. The maximum atomic E-state index is 13.9. The lowest BCUT2D eigenvalue weighted by atomic mass is 10.1. The number of carbonyl (C=O) groups is 2. The Morgan fingerprint density at radius 1 is 0.923 bits per heavy atom. The van der Waals surface area contributed by atoms with Crippen LogP contribution in [0.15, 0.2) is 71.6 Å². The number of benzene rings is 3. The number of hydrogen-bond acceptors (Lipinski definition) is 6. The molecule has 1 unspecified atom stereocenters. The quantitative estimate of drug-likeness (QED) is 0.432. The molecule has 0 saturated heterocycles. The summed E-state index contributed by atoms with van der Waals surface area (Å²) in [6.07, 6.45) is 0. The molecule has 0 saturated carbocycles. The van der Waals surface area contributed by atoms with Gasteiger partial charge >= 0.3 is 0 Å². The van der Waals surface area contributed by atoms with E-state index in [0.717, 1.165) is 16.4 Å². The molecule has 0 aliphatic carbocycles. The summed E-state index contributed by atoms with van der Waals surface area (Å²) in [6.45, 7) is 1.27. The molecule has 206 valence electrons. The van der Waals surface area contributed by atoms with Crippen LogP contribution < -0.4 is 19.1 Å². The van der Waals surface area contributed by atoms with Crippen LogP contribution in [0.4, 0.5) is 14.5 Å². The Kier molecular flexibility index (Phi) is 8.34. The van der Waals surface area contributed by atoms with Gasteiger partial charge < -0.3 is 19.7 Å². The first kappa shape index (κ1) is 27.8. The van der Waals surface area contributed by atoms with E-state index in [1.165, 1.54) is 73.5 Å². The summed E-state index contributed by atoms with van der Waals surface area (Å²) in [6, 6.07) is 13.1. The molecular weight excluding hydrogens is 532 g/mol. The van der Waals surface area contributed by atoms with Crippen LogP contribution in [0.2, 0.25) is 0 Å². The van der Waals surface area contributed by atoms with Crippen LogP contribution in [0.5, 0.6) is 11.5 Å². The number of nitrogens with zero attached hydrogens (tertiary/aromatic N) is 2. The van der Waals surface area contributed by atoms with Gasteiger partial charge in [0.05, 0.1) is 10.6 Å². The standard InChI is InChI=1S/C27H27F2N3O6S/c1-18(27(34)30-2)31(16-19-3-5-20(28)6-4-19)26(33)17-32(22-9-7-21(29)8-10-22)39(35,36)23-11-12-24-25(15-23)38-14-13-37-24/h3-12,15,18H,13-14,16-17H2,1-2H3,(H,30,34). The van der Waals surface area contributed by atoms with Gasteiger partial charge in [-0.1, -0.05) is 12.1 Å². The van der Waals surface area contributed by atoms with Crippen molar-refractivity contribution in [3.05, 3.63) is 83.9 Å². The van der Waals surface area contributed by atoms with Gasteiger partial charge in [0.1, 0.15) is 37.4 Å². The van der Waals surface area contributed by atoms with E-state index >= 15 is 0 Å². The molecule has 2 amide bonds. The molecule has 0 aromatic heterocycles. The monoisotopic (exact) mass is 559 g/mol. The number of nitrogens with one attached hydrogen (secondary N) is 1. The summed E-state index contributed by atoms with van der Waals surface area (Å²) >= 11 is 0. The molecule has 4 rings (SSSR count). The van der Waals surface area contributed by atoms with Crippen molar-refractivity contribution in [3.63, 3.8) is 0 Å². The van der Waals surface area contributed by atoms with Crippen LogP contribution in [0.25, 0.3) is 0 Å². The molecule has 0 bridgehead atoms. The minimum atomic E-state index is -4.38. The number of sulfonamides is 1. The average molecular weight is 560 g/mol. The van der Waals surface area contributed by atoms with E-state index in [9.17, 15) is 26.8 Å². The van der Waals surface area contributed by atoms with E-state index < -0.39 is 46.1 Å². The molecule has 0 fully saturated rings. The molecule has 0 radical (unpaired) electrons. The molecule has 39 heavy (non-hydrogen) atoms. The van der Waals surface area contributed by atoms with Gasteiger partial charge in [0, 0.05) is 19.7 Å².